The molecule has 0 spiro atoms. The van der Waals surface area contributed by atoms with E-state index in [1.165, 1.54) is 31.3 Å². The summed E-state index contributed by atoms with van der Waals surface area (Å²) >= 11 is -2.06. The van der Waals surface area contributed by atoms with Crippen molar-refractivity contribution in [2.75, 3.05) is 11.4 Å². The third-order valence-electron chi connectivity index (χ3n) is 1.42. The first-order chi connectivity index (χ1) is 5.61. The smallest absolute Gasteiger partial charge is 0.261 e. The number of hydrogen-bond acceptors (Lipinski definition) is 1. The maximum atomic E-state index is 12.4. The zero-order valence-electron chi connectivity index (χ0n) is 6.40. The van der Waals surface area contributed by atoms with E-state index in [9.17, 15) is 8.60 Å². The summed E-state index contributed by atoms with van der Waals surface area (Å²) in [4.78, 5) is 0. The van der Waals surface area contributed by atoms with Crippen LogP contribution in [0.15, 0.2) is 24.3 Å². The first kappa shape index (κ1) is 9.15. The van der Waals surface area contributed by atoms with Gasteiger partial charge in [-0.2, -0.15) is 0 Å². The second kappa shape index (κ2) is 3.64. The molecule has 0 saturated carbocycles. The molecule has 3 nitrogen and oxygen atoms in total. The number of halogens is 1. The predicted molar refractivity (Wildman–Crippen MR) is 45.6 cm³/mol. The Bertz CT molecular complexity index is 288. The van der Waals surface area contributed by atoms with Gasteiger partial charge in [-0.1, -0.05) is 0 Å². The summed E-state index contributed by atoms with van der Waals surface area (Å²) in [5, 5.41) is 0. The monoisotopic (exact) mass is 189 g/mol. The van der Waals surface area contributed by atoms with Crippen molar-refractivity contribution in [2.24, 2.45) is 0 Å². The van der Waals surface area contributed by atoms with Crippen LogP contribution < -0.4 is 4.31 Å². The second-order valence-corrected chi connectivity index (χ2v) is 3.21. The topological polar surface area (TPSA) is 40.5 Å². The highest BCUT2D eigenvalue weighted by Gasteiger charge is 2.04. The van der Waals surface area contributed by atoms with Gasteiger partial charge in [0.2, 0.25) is 0 Å². The molecular weight excluding hydrogens is 181 g/mol. The van der Waals surface area contributed by atoms with Crippen LogP contribution in [0, 0.1) is 5.82 Å². The number of anilines is 1. The number of nitrogens with zero attached hydrogens (tertiary/aromatic N) is 1. The summed E-state index contributed by atoms with van der Waals surface area (Å²) in [6, 6.07) is 5.34. The molecular formula is C7H8FNO2S. The lowest BCUT2D eigenvalue weighted by molar-refractivity contribution is 0.562. The summed E-state index contributed by atoms with van der Waals surface area (Å²) < 4.78 is 32.7. The van der Waals surface area contributed by atoms with Crippen LogP contribution in [0.4, 0.5) is 10.1 Å². The highest BCUT2D eigenvalue weighted by molar-refractivity contribution is 7.80. The maximum absolute atomic E-state index is 12.4. The fourth-order valence-corrected chi connectivity index (χ4v) is 1.04. The molecule has 1 aromatic rings. The Hall–Kier alpha value is -0.940. The van der Waals surface area contributed by atoms with Crippen molar-refractivity contribution in [1.29, 1.82) is 0 Å². The lowest BCUT2D eigenvalue weighted by atomic mass is 10.3. The number of benzene rings is 1. The molecule has 0 radical (unpaired) electrons. The molecule has 0 heterocycles. The molecule has 0 fully saturated rings. The van der Waals surface area contributed by atoms with Gasteiger partial charge in [0, 0.05) is 7.05 Å². The van der Waals surface area contributed by atoms with Gasteiger partial charge in [-0.15, -0.1) is 0 Å². The van der Waals surface area contributed by atoms with Crippen molar-refractivity contribution in [2.45, 2.75) is 0 Å². The molecule has 0 saturated heterocycles. The minimum absolute atomic E-state index is 0.365. The summed E-state index contributed by atoms with van der Waals surface area (Å²) in [6.45, 7) is 0. The zero-order chi connectivity index (χ0) is 9.14. The van der Waals surface area contributed by atoms with Crippen LogP contribution in [0.2, 0.25) is 0 Å². The molecule has 0 amide bonds. The molecule has 1 aromatic carbocycles. The van der Waals surface area contributed by atoms with Crippen LogP contribution >= 0.6 is 0 Å². The highest BCUT2D eigenvalue weighted by Crippen LogP contribution is 2.13. The normalized spacial score (nSPS) is 12.6. The molecule has 0 bridgehead atoms. The summed E-state index contributed by atoms with van der Waals surface area (Å²) in [5.41, 5.74) is 0.497. The Morgan fingerprint density at radius 1 is 1.42 bits per heavy atom. The first-order valence-corrected chi connectivity index (χ1v) is 4.28. The standard InChI is InChI=1S/C7H8FNO2S/c1-9(12(10)11)7-4-2-6(8)3-5-7/h2-5H,1H3,(H,10,11). The van der Waals surface area contributed by atoms with Crippen LogP contribution in [-0.2, 0) is 11.3 Å². The molecule has 0 aromatic heterocycles. The molecule has 1 unspecified atom stereocenters. The molecule has 0 aliphatic rings. The Labute approximate surface area is 72.2 Å². The molecule has 1 atom stereocenters. The van der Waals surface area contributed by atoms with Gasteiger partial charge in [-0.05, 0) is 24.3 Å². The molecule has 5 heteroatoms. The fourth-order valence-electron chi connectivity index (χ4n) is 0.741. The van der Waals surface area contributed by atoms with Crippen LogP contribution in [0.25, 0.3) is 0 Å². The Morgan fingerprint density at radius 3 is 2.33 bits per heavy atom. The van der Waals surface area contributed by atoms with Crippen LogP contribution in [0.1, 0.15) is 0 Å². The quantitative estimate of drug-likeness (QED) is 0.714. The minimum Gasteiger partial charge on any atom is -0.289 e. The lowest BCUT2D eigenvalue weighted by Gasteiger charge is -2.12. The van der Waals surface area contributed by atoms with Gasteiger partial charge >= 0.3 is 0 Å². The molecule has 1 rings (SSSR count). The second-order valence-electron chi connectivity index (χ2n) is 2.20. The van der Waals surface area contributed by atoms with E-state index in [2.05, 4.69) is 0 Å². The number of rotatable bonds is 2. The van der Waals surface area contributed by atoms with Crippen molar-refractivity contribution >= 4 is 17.0 Å². The largest absolute Gasteiger partial charge is 0.289 e. The van der Waals surface area contributed by atoms with Crippen LogP contribution in [0.3, 0.4) is 0 Å². The van der Waals surface area contributed by atoms with Gasteiger partial charge in [0.1, 0.15) is 5.82 Å². The van der Waals surface area contributed by atoms with E-state index in [1.807, 2.05) is 0 Å². The zero-order valence-corrected chi connectivity index (χ0v) is 7.21. The van der Waals surface area contributed by atoms with Gasteiger partial charge in [-0.3, -0.25) is 8.86 Å². The predicted octanol–water partition coefficient (Wildman–Crippen LogP) is 1.40. The maximum Gasteiger partial charge on any atom is 0.261 e. The van der Waals surface area contributed by atoms with E-state index in [0.717, 1.165) is 4.31 Å². The van der Waals surface area contributed by atoms with Crippen molar-refractivity contribution in [3.8, 4) is 0 Å². The molecule has 1 N–H and O–H groups in total. The van der Waals surface area contributed by atoms with E-state index >= 15 is 0 Å². The van der Waals surface area contributed by atoms with E-state index in [4.69, 9.17) is 4.55 Å². The average molecular weight is 189 g/mol. The van der Waals surface area contributed by atoms with Crippen molar-refractivity contribution < 1.29 is 13.2 Å². The molecule has 0 aliphatic carbocycles. The summed E-state index contributed by atoms with van der Waals surface area (Å²) in [7, 11) is 1.45. The van der Waals surface area contributed by atoms with E-state index in [1.54, 1.807) is 0 Å². The first-order valence-electron chi connectivity index (χ1n) is 3.21. The van der Waals surface area contributed by atoms with Crippen LogP contribution in [-0.4, -0.2) is 15.8 Å². The molecule has 0 aliphatic heterocycles. The van der Waals surface area contributed by atoms with Gasteiger partial charge in [-0.25, -0.2) is 8.60 Å². The van der Waals surface area contributed by atoms with E-state index < -0.39 is 11.3 Å². The average Bonchev–Trinajstić information content (AvgIpc) is 2.04. The van der Waals surface area contributed by atoms with Crippen molar-refractivity contribution in [1.82, 2.24) is 0 Å². The Morgan fingerprint density at radius 2 is 1.92 bits per heavy atom. The van der Waals surface area contributed by atoms with Gasteiger partial charge in [0.05, 0.1) is 5.69 Å². The fraction of sp³-hybridized carbons (Fsp3) is 0.143. The van der Waals surface area contributed by atoms with Gasteiger partial charge in [0.15, 0.2) is 0 Å². The summed E-state index contributed by atoms with van der Waals surface area (Å²) in [5.74, 6) is -0.365. The SMILES string of the molecule is CN(c1ccc(F)cc1)S(=O)O. The number of hydrogen-bond donors (Lipinski definition) is 1. The Kier molecular flexibility index (Phi) is 2.78. The van der Waals surface area contributed by atoms with Crippen molar-refractivity contribution in [3.63, 3.8) is 0 Å². The van der Waals surface area contributed by atoms with Crippen LogP contribution in [0.5, 0.6) is 0 Å². The van der Waals surface area contributed by atoms with E-state index in [-0.39, 0.29) is 5.82 Å². The van der Waals surface area contributed by atoms with Gasteiger partial charge < -0.3 is 0 Å². The molecule has 66 valence electrons. The summed E-state index contributed by atoms with van der Waals surface area (Å²) in [6.07, 6.45) is 0. The Balaban J connectivity index is 2.89. The third kappa shape index (κ3) is 2.02. The minimum atomic E-state index is -2.06. The highest BCUT2D eigenvalue weighted by atomic mass is 32.2. The van der Waals surface area contributed by atoms with Crippen molar-refractivity contribution in [3.05, 3.63) is 30.1 Å². The van der Waals surface area contributed by atoms with E-state index in [0.29, 0.717) is 5.69 Å². The third-order valence-corrected chi connectivity index (χ3v) is 2.10. The molecule has 12 heavy (non-hydrogen) atoms. The lowest BCUT2D eigenvalue weighted by Crippen LogP contribution is -2.18. The van der Waals surface area contributed by atoms with Gasteiger partial charge in [0.25, 0.3) is 11.3 Å².